The summed E-state index contributed by atoms with van der Waals surface area (Å²) in [5, 5.41) is 10.8. The Bertz CT molecular complexity index is 1450. The summed E-state index contributed by atoms with van der Waals surface area (Å²) in [6, 6.07) is 0. The maximum absolute atomic E-state index is 13.5. The molecule has 2 heterocycles. The molecule has 14 heteroatoms. The molecule has 338 valence electrons. The van der Waals surface area contributed by atoms with Gasteiger partial charge in [-0.15, -0.1) is 0 Å². The number of ether oxygens (including phenoxy) is 7. The van der Waals surface area contributed by atoms with Crippen LogP contribution < -0.4 is 0 Å². The van der Waals surface area contributed by atoms with Gasteiger partial charge in [0, 0.05) is 56.4 Å². The number of aliphatic hydroxyl groups is 1. The predicted octanol–water partition coefficient (Wildman–Crippen LogP) is 6.85. The highest BCUT2D eigenvalue weighted by Crippen LogP contribution is 2.46. The molecule has 2 rings (SSSR count). The molecule has 59 heavy (non-hydrogen) atoms. The molecule has 2 aliphatic heterocycles. The van der Waals surface area contributed by atoms with Crippen LogP contribution in [0.5, 0.6) is 0 Å². The first-order valence-corrected chi connectivity index (χ1v) is 21.5. The van der Waals surface area contributed by atoms with Crippen molar-refractivity contribution >= 4 is 35.6 Å². The third-order valence-corrected chi connectivity index (χ3v) is 11.1. The lowest BCUT2D eigenvalue weighted by Crippen LogP contribution is -2.57. The summed E-state index contributed by atoms with van der Waals surface area (Å²) in [6.07, 6.45) is -3.03. The highest BCUT2D eigenvalue weighted by Gasteiger charge is 2.52. The van der Waals surface area contributed by atoms with E-state index in [-0.39, 0.29) is 54.9 Å². The fourth-order valence-electron chi connectivity index (χ4n) is 8.57. The molecule has 13 atom stereocenters. The number of hydrogen-bond donors (Lipinski definition) is 1. The molecule has 1 N–H and O–H groups in total. The molecule has 2 fully saturated rings. The van der Waals surface area contributed by atoms with E-state index in [0.717, 1.165) is 0 Å². The van der Waals surface area contributed by atoms with Crippen LogP contribution in [0.2, 0.25) is 0 Å². The van der Waals surface area contributed by atoms with Crippen molar-refractivity contribution in [1.82, 2.24) is 0 Å². The van der Waals surface area contributed by atoms with Gasteiger partial charge >= 0.3 is 29.8 Å². The number of rotatable bonds is 21. The Kier molecular flexibility index (Phi) is 20.7. The molecule has 0 radical (unpaired) electrons. The topological polar surface area (TPSA) is 187 Å². The second-order valence-electron chi connectivity index (χ2n) is 18.2. The Morgan fingerprint density at radius 1 is 0.746 bits per heavy atom. The monoisotopic (exact) mass is 839 g/mol. The largest absolute Gasteiger partial charge is 0.466 e. The fraction of sp³-hybridized carbons (Fsp3) is 0.822. The molecule has 14 nitrogen and oxygen atoms in total. The molecule has 2 aliphatic rings. The summed E-state index contributed by atoms with van der Waals surface area (Å²) in [6.45, 7) is 22.8. The molecule has 0 aromatic rings. The van der Waals surface area contributed by atoms with Gasteiger partial charge in [0.1, 0.15) is 30.5 Å². The molecular formula is C45H74O14. The first kappa shape index (κ1) is 51.8. The lowest BCUT2D eigenvalue weighted by molar-refractivity contribution is -0.347. The minimum absolute atomic E-state index is 0.00657. The number of hydrogen-bond acceptors (Lipinski definition) is 14. The van der Waals surface area contributed by atoms with E-state index < -0.39 is 102 Å². The molecule has 13 unspecified atom stereocenters. The minimum atomic E-state index is -1.32. The van der Waals surface area contributed by atoms with E-state index in [4.69, 9.17) is 33.2 Å². The van der Waals surface area contributed by atoms with E-state index in [1.807, 2.05) is 41.5 Å². The molecule has 0 saturated carbocycles. The Morgan fingerprint density at radius 3 is 1.76 bits per heavy atom. The van der Waals surface area contributed by atoms with E-state index in [1.54, 1.807) is 33.8 Å². The summed E-state index contributed by atoms with van der Waals surface area (Å²) < 4.78 is 42.8. The van der Waals surface area contributed by atoms with E-state index in [0.29, 0.717) is 25.7 Å². The van der Waals surface area contributed by atoms with Gasteiger partial charge in [-0.05, 0) is 62.7 Å². The maximum atomic E-state index is 13.5. The highest BCUT2D eigenvalue weighted by molar-refractivity contribution is 5.87. The SMILES string of the molecule is CCC(=O)OC(C(C)/C=C(\C)C(=O)OC)C(C)C(OC(C)=O)C(CC(C)C(OC(=O)CC(C)C)C1CC(C)CC2(CC(C)CC(C(O)C(C)=O)O2)O1)OC(=O)CC(C)C. The second kappa shape index (κ2) is 23.6. The average molecular weight is 839 g/mol. The number of aliphatic hydroxyl groups excluding tert-OH is 1. The summed E-state index contributed by atoms with van der Waals surface area (Å²) in [5.41, 5.74) is 0.284. The van der Waals surface area contributed by atoms with Crippen LogP contribution in [0.25, 0.3) is 0 Å². The summed E-state index contributed by atoms with van der Waals surface area (Å²) in [4.78, 5) is 77.5. The van der Waals surface area contributed by atoms with Gasteiger partial charge in [-0.3, -0.25) is 24.0 Å². The molecule has 2 saturated heterocycles. The molecule has 0 bridgehead atoms. The third-order valence-electron chi connectivity index (χ3n) is 11.1. The lowest BCUT2D eigenvalue weighted by Gasteiger charge is -2.51. The van der Waals surface area contributed by atoms with Gasteiger partial charge in [0.25, 0.3) is 0 Å². The number of esters is 5. The smallest absolute Gasteiger partial charge is 0.333 e. The van der Waals surface area contributed by atoms with Crippen LogP contribution in [0.3, 0.4) is 0 Å². The Hall–Kier alpha value is -3.36. The fourth-order valence-corrected chi connectivity index (χ4v) is 8.57. The van der Waals surface area contributed by atoms with Crippen molar-refractivity contribution in [3.8, 4) is 0 Å². The van der Waals surface area contributed by atoms with E-state index in [1.165, 1.54) is 21.0 Å². The lowest BCUT2D eigenvalue weighted by atomic mass is 9.78. The van der Waals surface area contributed by atoms with Crippen LogP contribution in [0.1, 0.15) is 141 Å². The predicted molar refractivity (Wildman–Crippen MR) is 218 cm³/mol. The van der Waals surface area contributed by atoms with Crippen LogP contribution >= 0.6 is 0 Å². The quantitative estimate of drug-likeness (QED) is 0.0718. The van der Waals surface area contributed by atoms with Gasteiger partial charge in [0.15, 0.2) is 11.6 Å². The zero-order chi connectivity index (χ0) is 44.9. The van der Waals surface area contributed by atoms with E-state index in [2.05, 4.69) is 6.92 Å². The number of Topliss-reactive ketones (excluding diaryl/α,β-unsaturated/α-hetero) is 1. The van der Waals surface area contributed by atoms with Crippen molar-refractivity contribution < 1.29 is 67.0 Å². The van der Waals surface area contributed by atoms with Gasteiger partial charge in [0.05, 0.1) is 19.3 Å². The van der Waals surface area contributed by atoms with Crippen molar-refractivity contribution in [1.29, 1.82) is 0 Å². The first-order valence-electron chi connectivity index (χ1n) is 21.5. The first-order chi connectivity index (χ1) is 27.4. The second-order valence-corrected chi connectivity index (χ2v) is 18.2. The third kappa shape index (κ3) is 16.2. The van der Waals surface area contributed by atoms with Crippen molar-refractivity contribution in [3.05, 3.63) is 11.6 Å². The minimum Gasteiger partial charge on any atom is -0.466 e. The Balaban J connectivity index is 2.72. The van der Waals surface area contributed by atoms with Crippen LogP contribution in [-0.4, -0.2) is 96.4 Å². The molecule has 0 amide bonds. The van der Waals surface area contributed by atoms with Crippen molar-refractivity contribution in [2.75, 3.05) is 7.11 Å². The maximum Gasteiger partial charge on any atom is 0.333 e. The van der Waals surface area contributed by atoms with Crippen LogP contribution in [0, 0.1) is 41.4 Å². The standard InChI is InChI=1S/C45H74O14/c1-15-37(48)56-41(28(8)20-30(10)44(52)53-14)31(11)43(54-33(13)47)35(55-38(49)16-24(2)3)21-29(9)42(57-39(50)17-25(4)5)36-19-27(7)23-45(59-36)22-26(6)18-34(58-45)40(51)32(12)46/h20,24-29,31,34-36,40-43,51H,15-19,21-23H2,1-14H3/b30-20+. The van der Waals surface area contributed by atoms with Crippen LogP contribution in [-0.2, 0) is 61.9 Å². The normalized spacial score (nSPS) is 26.4. The van der Waals surface area contributed by atoms with Gasteiger partial charge < -0.3 is 38.3 Å². The number of carbonyl (C=O) groups excluding carboxylic acids is 6. The summed E-state index contributed by atoms with van der Waals surface area (Å²) in [5.74, 6) is -6.22. The zero-order valence-electron chi connectivity index (χ0n) is 38.1. The molecular weight excluding hydrogens is 764 g/mol. The average Bonchev–Trinajstić information content (AvgIpc) is 3.11. The van der Waals surface area contributed by atoms with E-state index >= 15 is 0 Å². The number of ketones is 1. The Labute approximate surface area is 352 Å². The van der Waals surface area contributed by atoms with Crippen molar-refractivity contribution in [2.45, 2.75) is 190 Å². The molecule has 0 aromatic heterocycles. The Morgan fingerprint density at radius 2 is 1.27 bits per heavy atom. The van der Waals surface area contributed by atoms with Crippen molar-refractivity contribution in [3.63, 3.8) is 0 Å². The highest BCUT2D eigenvalue weighted by atomic mass is 16.7. The van der Waals surface area contributed by atoms with Gasteiger partial charge in [-0.25, -0.2) is 4.79 Å². The number of methoxy groups -OCH3 is 1. The zero-order valence-corrected chi connectivity index (χ0v) is 38.1. The van der Waals surface area contributed by atoms with E-state index in [9.17, 15) is 33.9 Å². The van der Waals surface area contributed by atoms with Gasteiger partial charge in [0.2, 0.25) is 0 Å². The van der Waals surface area contributed by atoms with Crippen LogP contribution in [0.15, 0.2) is 11.6 Å². The van der Waals surface area contributed by atoms with Crippen LogP contribution in [0.4, 0.5) is 0 Å². The molecule has 0 aromatic carbocycles. The van der Waals surface area contributed by atoms with Gasteiger partial charge in [-0.2, -0.15) is 0 Å². The number of carbonyl (C=O) groups is 6. The van der Waals surface area contributed by atoms with Gasteiger partial charge in [-0.1, -0.05) is 75.3 Å². The summed E-state index contributed by atoms with van der Waals surface area (Å²) >= 11 is 0. The molecule has 1 spiro atoms. The molecule has 0 aliphatic carbocycles. The van der Waals surface area contributed by atoms with Crippen molar-refractivity contribution in [2.24, 2.45) is 41.4 Å². The summed E-state index contributed by atoms with van der Waals surface area (Å²) in [7, 11) is 1.26.